The minimum absolute atomic E-state index is 0.00338. The molecule has 3 heterocycles. The van der Waals surface area contributed by atoms with Crippen LogP contribution in [0.5, 0.6) is 0 Å². The molecule has 1 atom stereocenters. The van der Waals surface area contributed by atoms with Crippen LogP contribution in [0.15, 0.2) is 33.0 Å². The first-order valence-electron chi connectivity index (χ1n) is 7.95. The number of nitrogens with one attached hydrogen (secondary N) is 1. The molecular weight excluding hydrogens is 346 g/mol. The molecule has 0 saturated carbocycles. The van der Waals surface area contributed by atoms with Crippen LogP contribution in [0.4, 0.5) is 11.8 Å². The molecule has 0 spiro atoms. The number of thioether (sulfide) groups is 1. The predicted molar refractivity (Wildman–Crippen MR) is 89.4 cm³/mol. The second kappa shape index (κ2) is 6.03. The van der Waals surface area contributed by atoms with Crippen molar-refractivity contribution in [3.05, 3.63) is 39.3 Å². The Balaban J connectivity index is 1.86. The van der Waals surface area contributed by atoms with E-state index < -0.39 is 11.0 Å². The van der Waals surface area contributed by atoms with Gasteiger partial charge in [0, 0.05) is 17.7 Å². The lowest BCUT2D eigenvalue weighted by Gasteiger charge is -2.30. The number of aromatic nitrogens is 3. The summed E-state index contributed by atoms with van der Waals surface area (Å²) < 4.78 is 6.99. The van der Waals surface area contributed by atoms with E-state index in [2.05, 4.69) is 15.4 Å². The minimum Gasteiger partial charge on any atom is -0.403 e. The van der Waals surface area contributed by atoms with E-state index in [0.717, 1.165) is 24.3 Å². The highest BCUT2D eigenvalue weighted by Crippen LogP contribution is 2.41. The van der Waals surface area contributed by atoms with Gasteiger partial charge in [-0.3, -0.25) is 14.9 Å². The van der Waals surface area contributed by atoms with Gasteiger partial charge in [0.15, 0.2) is 5.78 Å². The maximum Gasteiger partial charge on any atom is 0.433 e. The number of nitro groups is 1. The number of Topliss-reactive ketones (excluding diaryl/α,β-unsaturated/α-hetero) is 1. The van der Waals surface area contributed by atoms with Crippen LogP contribution in [0.25, 0.3) is 0 Å². The Hall–Kier alpha value is -2.62. The Morgan fingerprint density at radius 1 is 1.48 bits per heavy atom. The van der Waals surface area contributed by atoms with Crippen LogP contribution in [0.2, 0.25) is 0 Å². The Morgan fingerprint density at radius 3 is 3.04 bits per heavy atom. The number of rotatable bonds is 4. The van der Waals surface area contributed by atoms with Gasteiger partial charge in [0.2, 0.25) is 11.1 Å². The Morgan fingerprint density at radius 2 is 2.32 bits per heavy atom. The van der Waals surface area contributed by atoms with Gasteiger partial charge in [-0.2, -0.15) is 4.98 Å². The van der Waals surface area contributed by atoms with E-state index in [9.17, 15) is 14.9 Å². The fourth-order valence-corrected chi connectivity index (χ4v) is 3.73. The molecule has 1 aliphatic heterocycles. The molecule has 0 aromatic carbocycles. The maximum atomic E-state index is 12.6. The predicted octanol–water partition coefficient (Wildman–Crippen LogP) is 2.91. The number of fused-ring (bicyclic) bond motifs is 1. The smallest absolute Gasteiger partial charge is 0.403 e. The second-order valence-electron chi connectivity index (χ2n) is 5.73. The van der Waals surface area contributed by atoms with Crippen molar-refractivity contribution in [1.82, 2.24) is 14.8 Å². The summed E-state index contributed by atoms with van der Waals surface area (Å²) in [4.78, 5) is 27.4. The average Bonchev–Trinajstić information content (AvgIpc) is 3.20. The van der Waals surface area contributed by atoms with Crippen LogP contribution < -0.4 is 5.32 Å². The SMILES string of the molecule is CCSc1nc2n(n1)C(c1ccc([N+](=O)[O-])o1)C1=C(CCCC1=O)N2. The summed E-state index contributed by atoms with van der Waals surface area (Å²) in [5.74, 6) is 1.29. The van der Waals surface area contributed by atoms with Crippen LogP contribution in [-0.2, 0) is 4.79 Å². The van der Waals surface area contributed by atoms with Crippen molar-refractivity contribution in [3.8, 4) is 0 Å². The molecule has 0 radical (unpaired) electrons. The summed E-state index contributed by atoms with van der Waals surface area (Å²) in [6.07, 6.45) is 1.93. The number of nitrogens with zero attached hydrogens (tertiary/aromatic N) is 4. The molecule has 0 amide bonds. The van der Waals surface area contributed by atoms with Gasteiger partial charge in [-0.05, 0) is 24.7 Å². The molecule has 0 saturated heterocycles. The molecular formula is C15H15N5O4S. The van der Waals surface area contributed by atoms with Crippen LogP contribution in [0, 0.1) is 10.1 Å². The molecule has 2 aromatic rings. The number of hydrogen-bond acceptors (Lipinski definition) is 8. The van der Waals surface area contributed by atoms with Crippen LogP contribution in [0.1, 0.15) is 38.0 Å². The highest BCUT2D eigenvalue weighted by Gasteiger charge is 2.39. The van der Waals surface area contributed by atoms with Gasteiger partial charge in [0.05, 0.1) is 6.07 Å². The Labute approximate surface area is 146 Å². The Bertz CT molecular complexity index is 900. The van der Waals surface area contributed by atoms with E-state index >= 15 is 0 Å². The minimum atomic E-state index is -0.633. The van der Waals surface area contributed by atoms with E-state index in [4.69, 9.17) is 4.42 Å². The number of ketones is 1. The number of carbonyl (C=O) groups excluding carboxylic acids is 1. The number of furan rings is 1. The fourth-order valence-electron chi connectivity index (χ4n) is 3.18. The van der Waals surface area contributed by atoms with Crippen molar-refractivity contribution in [2.75, 3.05) is 11.1 Å². The highest BCUT2D eigenvalue weighted by molar-refractivity contribution is 7.99. The summed E-state index contributed by atoms with van der Waals surface area (Å²) in [6, 6.07) is 2.19. The number of allylic oxidation sites excluding steroid dienone is 2. The van der Waals surface area contributed by atoms with E-state index in [-0.39, 0.29) is 11.7 Å². The molecule has 2 aromatic heterocycles. The molecule has 1 N–H and O–H groups in total. The van der Waals surface area contributed by atoms with Gasteiger partial charge < -0.3 is 9.73 Å². The van der Waals surface area contributed by atoms with Crippen LogP contribution >= 0.6 is 11.8 Å². The monoisotopic (exact) mass is 361 g/mol. The summed E-state index contributed by atoms with van der Waals surface area (Å²) in [5, 5.41) is 19.2. The van der Waals surface area contributed by atoms with Crippen molar-refractivity contribution < 1.29 is 14.1 Å². The molecule has 9 nitrogen and oxygen atoms in total. The third-order valence-corrected chi connectivity index (χ3v) is 4.90. The molecule has 2 aliphatic rings. The largest absolute Gasteiger partial charge is 0.433 e. The first-order valence-corrected chi connectivity index (χ1v) is 8.93. The van der Waals surface area contributed by atoms with Crippen molar-refractivity contribution in [2.24, 2.45) is 0 Å². The standard InChI is InChI=1S/C15H15N5O4S/c1-2-25-15-17-14-16-8-4-3-5-9(21)12(8)13(19(14)18-15)10-6-7-11(24-10)20(22)23/h6-7,13H,2-5H2,1H3,(H,16,17,18). The second-order valence-corrected chi connectivity index (χ2v) is 6.96. The van der Waals surface area contributed by atoms with Gasteiger partial charge in [0.1, 0.15) is 16.7 Å². The number of hydrogen-bond donors (Lipinski definition) is 1. The molecule has 1 aliphatic carbocycles. The summed E-state index contributed by atoms with van der Waals surface area (Å²) in [6.45, 7) is 2.00. The fraction of sp³-hybridized carbons (Fsp3) is 0.400. The molecule has 1 unspecified atom stereocenters. The normalized spacial score (nSPS) is 19.4. The topological polar surface area (TPSA) is 116 Å². The number of anilines is 1. The zero-order valence-electron chi connectivity index (χ0n) is 13.4. The number of carbonyl (C=O) groups is 1. The van der Waals surface area contributed by atoms with E-state index in [1.165, 1.54) is 23.9 Å². The lowest BCUT2D eigenvalue weighted by Crippen LogP contribution is -2.31. The van der Waals surface area contributed by atoms with Crippen LogP contribution in [0.3, 0.4) is 0 Å². The molecule has 25 heavy (non-hydrogen) atoms. The molecule has 10 heteroatoms. The Kier molecular flexibility index (Phi) is 3.83. The van der Waals surface area contributed by atoms with Crippen molar-refractivity contribution in [1.29, 1.82) is 0 Å². The molecule has 130 valence electrons. The first kappa shape index (κ1) is 15.9. The molecule has 4 rings (SSSR count). The van der Waals surface area contributed by atoms with Gasteiger partial charge in [-0.25, -0.2) is 4.68 Å². The van der Waals surface area contributed by atoms with Gasteiger partial charge >= 0.3 is 5.88 Å². The zero-order valence-corrected chi connectivity index (χ0v) is 14.2. The molecule has 0 bridgehead atoms. The van der Waals surface area contributed by atoms with Crippen molar-refractivity contribution in [3.63, 3.8) is 0 Å². The zero-order chi connectivity index (χ0) is 17.6. The first-order chi connectivity index (χ1) is 12.1. The highest BCUT2D eigenvalue weighted by atomic mass is 32.2. The van der Waals surface area contributed by atoms with Gasteiger partial charge in [0.25, 0.3) is 0 Å². The van der Waals surface area contributed by atoms with Crippen LogP contribution in [-0.4, -0.2) is 31.2 Å². The summed E-state index contributed by atoms with van der Waals surface area (Å²) in [5.41, 5.74) is 1.36. The van der Waals surface area contributed by atoms with Crippen molar-refractivity contribution >= 4 is 29.4 Å². The van der Waals surface area contributed by atoms with E-state index in [1.54, 1.807) is 4.68 Å². The quantitative estimate of drug-likeness (QED) is 0.502. The van der Waals surface area contributed by atoms with E-state index in [0.29, 0.717) is 28.9 Å². The van der Waals surface area contributed by atoms with E-state index in [1.807, 2.05) is 6.92 Å². The third kappa shape index (κ3) is 2.62. The lowest BCUT2D eigenvalue weighted by molar-refractivity contribution is -0.402. The van der Waals surface area contributed by atoms with Gasteiger partial charge in [-0.1, -0.05) is 18.7 Å². The van der Waals surface area contributed by atoms with Gasteiger partial charge in [-0.15, -0.1) is 5.10 Å². The third-order valence-electron chi connectivity index (χ3n) is 4.18. The summed E-state index contributed by atoms with van der Waals surface area (Å²) >= 11 is 1.48. The average molecular weight is 361 g/mol. The maximum absolute atomic E-state index is 12.6. The molecule has 0 fully saturated rings. The lowest BCUT2D eigenvalue weighted by atomic mass is 9.88. The van der Waals surface area contributed by atoms with Crippen molar-refractivity contribution in [2.45, 2.75) is 37.4 Å². The summed E-state index contributed by atoms with van der Waals surface area (Å²) in [7, 11) is 0.